The van der Waals surface area contributed by atoms with Gasteiger partial charge in [0.25, 0.3) is 0 Å². The molecule has 144 valence electrons. The first-order chi connectivity index (χ1) is 14.3. The van der Waals surface area contributed by atoms with Gasteiger partial charge in [0.1, 0.15) is 0 Å². The zero-order valence-corrected chi connectivity index (χ0v) is 16.8. The largest absolute Gasteiger partial charge is 0.372 e. The Labute approximate surface area is 171 Å². The van der Waals surface area contributed by atoms with Crippen LogP contribution in [0.1, 0.15) is 13.8 Å². The van der Waals surface area contributed by atoms with Crippen LogP contribution >= 0.6 is 0 Å². The Morgan fingerprint density at radius 2 is 1.17 bits per heavy atom. The van der Waals surface area contributed by atoms with Crippen LogP contribution in [0.5, 0.6) is 0 Å². The minimum atomic E-state index is 0.844. The quantitative estimate of drug-likeness (QED) is 0.429. The van der Waals surface area contributed by atoms with E-state index in [1.54, 1.807) is 12.4 Å². The highest BCUT2D eigenvalue weighted by atomic mass is 15.1. The summed E-state index contributed by atoms with van der Waals surface area (Å²) in [4.78, 5) is 16.2. The molecule has 0 saturated carbocycles. The maximum absolute atomic E-state index is 4.84. The molecule has 3 aromatic heterocycles. The molecule has 3 heterocycles. The zero-order chi connectivity index (χ0) is 20.1. The monoisotopic (exact) mass is 380 g/mol. The fourth-order valence-electron chi connectivity index (χ4n) is 3.44. The van der Waals surface area contributed by atoms with Crippen LogP contribution in [0.25, 0.3) is 33.9 Å². The minimum absolute atomic E-state index is 0.844. The van der Waals surface area contributed by atoms with Gasteiger partial charge in [-0.15, -0.1) is 0 Å². The first-order valence-corrected chi connectivity index (χ1v) is 9.98. The number of hydrogen-bond donors (Lipinski definition) is 0. The average molecular weight is 380 g/mol. The molecule has 0 aliphatic rings. The lowest BCUT2D eigenvalue weighted by atomic mass is 10.0. The molecule has 4 aromatic rings. The molecule has 4 rings (SSSR count). The minimum Gasteiger partial charge on any atom is -0.372 e. The molecule has 4 heteroatoms. The summed E-state index contributed by atoms with van der Waals surface area (Å²) in [6.07, 6.45) is 3.59. The SMILES string of the molecule is CCN(CC)c1ccc(-c2cc(-c3ccccn3)nc(-c3ccccn3)c2)cc1. The van der Waals surface area contributed by atoms with Crippen molar-refractivity contribution >= 4 is 5.69 Å². The van der Waals surface area contributed by atoms with Gasteiger partial charge >= 0.3 is 0 Å². The van der Waals surface area contributed by atoms with Crippen molar-refractivity contribution in [2.75, 3.05) is 18.0 Å². The van der Waals surface area contributed by atoms with Crippen molar-refractivity contribution in [2.24, 2.45) is 0 Å². The van der Waals surface area contributed by atoms with Gasteiger partial charge in [-0.1, -0.05) is 24.3 Å². The third-order valence-electron chi connectivity index (χ3n) is 5.01. The molecule has 0 atom stereocenters. The number of aromatic nitrogens is 3. The second-order valence-corrected chi connectivity index (χ2v) is 6.78. The van der Waals surface area contributed by atoms with Crippen molar-refractivity contribution in [3.63, 3.8) is 0 Å². The first-order valence-electron chi connectivity index (χ1n) is 9.98. The Kier molecular flexibility index (Phi) is 5.61. The van der Waals surface area contributed by atoms with E-state index in [4.69, 9.17) is 4.98 Å². The molecule has 4 nitrogen and oxygen atoms in total. The van der Waals surface area contributed by atoms with E-state index in [0.29, 0.717) is 0 Å². The highest BCUT2D eigenvalue weighted by Gasteiger charge is 2.11. The Hall–Kier alpha value is -3.53. The fraction of sp³-hybridized carbons (Fsp3) is 0.160. The number of pyridine rings is 3. The van der Waals surface area contributed by atoms with Crippen LogP contribution in [0.2, 0.25) is 0 Å². The number of nitrogens with zero attached hydrogens (tertiary/aromatic N) is 4. The molecule has 0 aliphatic carbocycles. The van der Waals surface area contributed by atoms with Gasteiger partial charge in [0, 0.05) is 31.2 Å². The lowest BCUT2D eigenvalue weighted by Crippen LogP contribution is -2.21. The van der Waals surface area contributed by atoms with E-state index >= 15 is 0 Å². The molecule has 0 amide bonds. The van der Waals surface area contributed by atoms with E-state index in [1.165, 1.54) is 5.69 Å². The van der Waals surface area contributed by atoms with Gasteiger partial charge in [-0.05, 0) is 73.5 Å². The molecule has 1 aromatic carbocycles. The van der Waals surface area contributed by atoms with Crippen LogP contribution in [0, 0.1) is 0 Å². The lowest BCUT2D eigenvalue weighted by molar-refractivity contribution is 0.866. The molecule has 0 N–H and O–H groups in total. The number of benzene rings is 1. The summed E-state index contributed by atoms with van der Waals surface area (Å²) in [6.45, 7) is 6.36. The van der Waals surface area contributed by atoms with Gasteiger partial charge < -0.3 is 4.90 Å². The predicted octanol–water partition coefficient (Wildman–Crippen LogP) is 5.72. The van der Waals surface area contributed by atoms with Crippen molar-refractivity contribution in [3.8, 4) is 33.9 Å². The van der Waals surface area contributed by atoms with Crippen molar-refractivity contribution in [3.05, 3.63) is 85.2 Å². The molecule has 0 bridgehead atoms. The maximum atomic E-state index is 4.84. The van der Waals surface area contributed by atoms with Crippen LogP contribution in [0.4, 0.5) is 5.69 Å². The number of anilines is 1. The molecule has 0 spiro atoms. The van der Waals surface area contributed by atoms with E-state index in [2.05, 4.69) is 65.1 Å². The van der Waals surface area contributed by atoms with E-state index in [0.717, 1.165) is 47.0 Å². The van der Waals surface area contributed by atoms with Crippen LogP contribution in [0.15, 0.2) is 85.2 Å². The van der Waals surface area contributed by atoms with E-state index in [9.17, 15) is 0 Å². The van der Waals surface area contributed by atoms with Crippen molar-refractivity contribution in [1.29, 1.82) is 0 Å². The second-order valence-electron chi connectivity index (χ2n) is 6.78. The van der Waals surface area contributed by atoms with E-state index in [1.807, 2.05) is 36.4 Å². The highest BCUT2D eigenvalue weighted by Crippen LogP contribution is 2.30. The topological polar surface area (TPSA) is 41.9 Å². The smallest absolute Gasteiger partial charge is 0.0900 e. The standard InChI is InChI=1S/C25H24N4/c1-3-29(4-2)21-13-11-19(12-14-21)20-17-24(22-9-5-7-15-26-22)28-25(18-20)23-10-6-8-16-27-23/h5-18H,3-4H2,1-2H3. The Balaban J connectivity index is 1.80. The van der Waals surface area contributed by atoms with Crippen LogP contribution in [-0.2, 0) is 0 Å². The normalized spacial score (nSPS) is 10.7. The molecule has 0 radical (unpaired) electrons. The lowest BCUT2D eigenvalue weighted by Gasteiger charge is -2.21. The summed E-state index contributed by atoms with van der Waals surface area (Å²) in [5, 5.41) is 0. The van der Waals surface area contributed by atoms with Gasteiger partial charge in [-0.25, -0.2) is 4.98 Å². The zero-order valence-electron chi connectivity index (χ0n) is 16.8. The van der Waals surface area contributed by atoms with Gasteiger partial charge in [0.05, 0.1) is 22.8 Å². The summed E-state index contributed by atoms with van der Waals surface area (Å²) >= 11 is 0. The fourth-order valence-corrected chi connectivity index (χ4v) is 3.44. The maximum Gasteiger partial charge on any atom is 0.0900 e. The van der Waals surface area contributed by atoms with Gasteiger partial charge in [0.15, 0.2) is 0 Å². The summed E-state index contributed by atoms with van der Waals surface area (Å²) in [6, 6.07) is 24.7. The van der Waals surface area contributed by atoms with E-state index < -0.39 is 0 Å². The van der Waals surface area contributed by atoms with Crippen LogP contribution in [-0.4, -0.2) is 28.0 Å². The van der Waals surface area contributed by atoms with E-state index in [-0.39, 0.29) is 0 Å². The van der Waals surface area contributed by atoms with Crippen molar-refractivity contribution in [1.82, 2.24) is 15.0 Å². The van der Waals surface area contributed by atoms with Gasteiger partial charge in [-0.3, -0.25) is 9.97 Å². The summed E-state index contributed by atoms with van der Waals surface area (Å²) in [5.74, 6) is 0. The summed E-state index contributed by atoms with van der Waals surface area (Å²) in [5.41, 5.74) is 6.89. The van der Waals surface area contributed by atoms with Crippen LogP contribution in [0.3, 0.4) is 0 Å². The first kappa shape index (κ1) is 18.8. The Morgan fingerprint density at radius 3 is 1.62 bits per heavy atom. The number of rotatable bonds is 6. The Bertz CT molecular complexity index is 999. The van der Waals surface area contributed by atoms with Crippen molar-refractivity contribution < 1.29 is 0 Å². The molecule has 0 unspecified atom stereocenters. The molecule has 0 fully saturated rings. The Morgan fingerprint density at radius 1 is 0.621 bits per heavy atom. The van der Waals surface area contributed by atoms with Gasteiger partial charge in [0.2, 0.25) is 0 Å². The molecular weight excluding hydrogens is 356 g/mol. The number of hydrogen-bond acceptors (Lipinski definition) is 4. The molecule has 29 heavy (non-hydrogen) atoms. The molecule has 0 saturated heterocycles. The molecular formula is C25H24N4. The van der Waals surface area contributed by atoms with Gasteiger partial charge in [-0.2, -0.15) is 0 Å². The average Bonchev–Trinajstić information content (AvgIpc) is 2.81. The highest BCUT2D eigenvalue weighted by molar-refractivity contribution is 5.75. The second kappa shape index (κ2) is 8.65. The third-order valence-corrected chi connectivity index (χ3v) is 5.01. The molecule has 0 aliphatic heterocycles. The predicted molar refractivity (Wildman–Crippen MR) is 120 cm³/mol. The summed E-state index contributed by atoms with van der Waals surface area (Å²) in [7, 11) is 0. The third kappa shape index (κ3) is 4.16. The van der Waals surface area contributed by atoms with Crippen LogP contribution < -0.4 is 4.90 Å². The van der Waals surface area contributed by atoms with Crippen molar-refractivity contribution in [2.45, 2.75) is 13.8 Å². The summed E-state index contributed by atoms with van der Waals surface area (Å²) < 4.78 is 0.